The Morgan fingerprint density at radius 3 is 2.69 bits per heavy atom. The number of benzene rings is 2. The van der Waals surface area contributed by atoms with Crippen molar-refractivity contribution in [3.8, 4) is 10.6 Å². The summed E-state index contributed by atoms with van der Waals surface area (Å²) in [6.45, 7) is 6.49. The van der Waals surface area contributed by atoms with E-state index in [4.69, 9.17) is 16.6 Å². The van der Waals surface area contributed by atoms with Crippen molar-refractivity contribution in [3.63, 3.8) is 0 Å². The van der Waals surface area contributed by atoms with Crippen LogP contribution < -0.4 is 15.5 Å². The van der Waals surface area contributed by atoms with Gasteiger partial charge >= 0.3 is 0 Å². The minimum absolute atomic E-state index is 0.126. The molecule has 2 aromatic carbocycles. The fourth-order valence-electron chi connectivity index (χ4n) is 4.38. The molecule has 7 nitrogen and oxygen atoms in total. The summed E-state index contributed by atoms with van der Waals surface area (Å²) < 4.78 is 0. The number of halogens is 1. The number of hydrogen-bond donors (Lipinski definition) is 2. The van der Waals surface area contributed by atoms with Gasteiger partial charge < -0.3 is 20.4 Å². The predicted molar refractivity (Wildman–Crippen MR) is 163 cm³/mol. The highest BCUT2D eigenvalue weighted by molar-refractivity contribution is 7.17. The van der Waals surface area contributed by atoms with E-state index in [0.29, 0.717) is 28.4 Å². The predicted octanol–water partition coefficient (Wildman–Crippen LogP) is 6.70. The molecule has 1 aliphatic rings. The third kappa shape index (κ3) is 7.56. The van der Waals surface area contributed by atoms with E-state index in [0.717, 1.165) is 41.3 Å². The largest absolute Gasteiger partial charge is 0.370 e. The molecule has 0 aliphatic carbocycles. The zero-order valence-corrected chi connectivity index (χ0v) is 24.4. The maximum absolute atomic E-state index is 12.7. The first-order valence-electron chi connectivity index (χ1n) is 13.2. The Balaban J connectivity index is 0.00000172. The van der Waals surface area contributed by atoms with Gasteiger partial charge in [0.25, 0.3) is 5.91 Å². The van der Waals surface area contributed by atoms with Crippen LogP contribution in [0.1, 0.15) is 35.5 Å². The molecule has 0 bridgehead atoms. The lowest BCUT2D eigenvalue weighted by Crippen LogP contribution is -2.31. The standard InChI is InChI=1S/C28H29ClN6OS.C2H6/c1-34(2)23-12-14-35(18-23)22-8-4-7-21(16-22)32-28-30-13-11-24(33-28)25-9-10-26(37-25)27(36)31-17-19-5-3-6-20(29)15-19;1-2/h3-11,13,15-16,23H,12,14,17-18H2,1-2H3,(H,31,36)(H,30,32,33);1-2H3. The van der Waals surface area contributed by atoms with E-state index in [2.05, 4.69) is 57.7 Å². The molecule has 1 unspecified atom stereocenters. The molecule has 1 amide bonds. The number of nitrogens with zero attached hydrogens (tertiary/aromatic N) is 4. The van der Waals surface area contributed by atoms with Crippen molar-refractivity contribution in [3.05, 3.63) is 88.4 Å². The molecular weight excluding hydrogens is 528 g/mol. The van der Waals surface area contributed by atoms with Gasteiger partial charge in [0, 0.05) is 48.3 Å². The Bertz CT molecular complexity index is 1390. The molecule has 1 aliphatic heterocycles. The summed E-state index contributed by atoms with van der Waals surface area (Å²) in [6.07, 6.45) is 2.90. The molecule has 1 atom stereocenters. The summed E-state index contributed by atoms with van der Waals surface area (Å²) in [5.41, 5.74) is 3.85. The smallest absolute Gasteiger partial charge is 0.261 e. The monoisotopic (exact) mass is 562 g/mol. The second-order valence-corrected chi connectivity index (χ2v) is 10.8. The number of carbonyl (C=O) groups excluding carboxylic acids is 1. The average molecular weight is 563 g/mol. The van der Waals surface area contributed by atoms with Gasteiger partial charge in [-0.05, 0) is 74.6 Å². The van der Waals surface area contributed by atoms with Crippen LogP contribution in [0.3, 0.4) is 0 Å². The highest BCUT2D eigenvalue weighted by Gasteiger charge is 2.24. The first-order chi connectivity index (χ1) is 18.9. The van der Waals surface area contributed by atoms with Crippen LogP contribution in [0.4, 0.5) is 17.3 Å². The highest BCUT2D eigenvalue weighted by Crippen LogP contribution is 2.29. The zero-order chi connectivity index (χ0) is 27.8. The van der Waals surface area contributed by atoms with E-state index >= 15 is 0 Å². The fraction of sp³-hybridized carbons (Fsp3) is 0.300. The van der Waals surface area contributed by atoms with E-state index in [-0.39, 0.29) is 5.91 Å². The molecule has 0 saturated carbocycles. The number of rotatable bonds is 8. The number of carbonyl (C=O) groups is 1. The van der Waals surface area contributed by atoms with Gasteiger partial charge in [-0.15, -0.1) is 11.3 Å². The van der Waals surface area contributed by atoms with Gasteiger partial charge in [0.05, 0.1) is 15.4 Å². The lowest BCUT2D eigenvalue weighted by molar-refractivity contribution is 0.0955. The number of hydrogen-bond acceptors (Lipinski definition) is 7. The summed E-state index contributed by atoms with van der Waals surface area (Å²) in [7, 11) is 4.28. The third-order valence-electron chi connectivity index (χ3n) is 6.44. The van der Waals surface area contributed by atoms with Crippen molar-refractivity contribution >= 4 is 46.2 Å². The first-order valence-corrected chi connectivity index (χ1v) is 14.4. The van der Waals surface area contributed by atoms with E-state index in [1.54, 1.807) is 6.20 Å². The van der Waals surface area contributed by atoms with Gasteiger partial charge in [-0.3, -0.25) is 4.79 Å². The Morgan fingerprint density at radius 2 is 1.92 bits per heavy atom. The van der Waals surface area contributed by atoms with Crippen molar-refractivity contribution in [2.45, 2.75) is 32.9 Å². The Kier molecular flexibility index (Phi) is 9.92. The maximum atomic E-state index is 12.7. The molecule has 2 aromatic heterocycles. The molecule has 0 radical (unpaired) electrons. The molecule has 4 aromatic rings. The summed E-state index contributed by atoms with van der Waals surface area (Å²) in [6, 6.07) is 22.0. The fourth-order valence-corrected chi connectivity index (χ4v) is 5.48. The van der Waals surface area contributed by atoms with E-state index in [9.17, 15) is 4.79 Å². The molecule has 1 fully saturated rings. The Labute approximate surface area is 239 Å². The SMILES string of the molecule is CC.CN(C)C1CCN(c2cccc(Nc3nccc(-c4ccc(C(=O)NCc5cccc(Cl)c5)s4)n3)c2)C1. The summed E-state index contributed by atoms with van der Waals surface area (Å²) >= 11 is 7.44. The van der Waals surface area contributed by atoms with Crippen molar-refractivity contribution < 1.29 is 4.79 Å². The molecule has 1 saturated heterocycles. The number of aromatic nitrogens is 2. The van der Waals surface area contributed by atoms with Crippen LogP contribution >= 0.6 is 22.9 Å². The van der Waals surface area contributed by atoms with Gasteiger partial charge in [0.15, 0.2) is 0 Å². The number of thiophene rings is 1. The van der Waals surface area contributed by atoms with E-state index < -0.39 is 0 Å². The quantitative estimate of drug-likeness (QED) is 0.249. The molecule has 5 rings (SSSR count). The van der Waals surface area contributed by atoms with Crippen LogP contribution in [0.15, 0.2) is 72.9 Å². The van der Waals surface area contributed by atoms with Gasteiger partial charge in [-0.25, -0.2) is 9.97 Å². The number of amides is 1. The number of anilines is 3. The molecule has 204 valence electrons. The first kappa shape index (κ1) is 28.5. The summed E-state index contributed by atoms with van der Waals surface area (Å²) in [5, 5.41) is 6.94. The molecular formula is C30H35ClN6OS. The van der Waals surface area contributed by atoms with Gasteiger partial charge in [-0.2, -0.15) is 0 Å². The third-order valence-corrected chi connectivity index (χ3v) is 7.78. The normalized spacial score (nSPS) is 14.6. The minimum atomic E-state index is -0.126. The molecule has 0 spiro atoms. The van der Waals surface area contributed by atoms with Crippen LogP contribution in [0.25, 0.3) is 10.6 Å². The second kappa shape index (κ2) is 13.6. The zero-order valence-electron chi connectivity index (χ0n) is 22.8. The van der Waals surface area contributed by atoms with Crippen molar-refractivity contribution in [2.75, 3.05) is 37.4 Å². The molecule has 39 heavy (non-hydrogen) atoms. The second-order valence-electron chi connectivity index (χ2n) is 9.27. The van der Waals surface area contributed by atoms with Crippen LogP contribution in [-0.4, -0.2) is 54.0 Å². The maximum Gasteiger partial charge on any atom is 0.261 e. The van der Waals surface area contributed by atoms with Crippen molar-refractivity contribution in [2.24, 2.45) is 0 Å². The summed E-state index contributed by atoms with van der Waals surface area (Å²) in [5.74, 6) is 0.390. The lowest BCUT2D eigenvalue weighted by atomic mass is 10.2. The van der Waals surface area contributed by atoms with Crippen LogP contribution in [0, 0.1) is 0 Å². The van der Waals surface area contributed by atoms with Gasteiger partial charge in [-0.1, -0.05) is 43.6 Å². The van der Waals surface area contributed by atoms with E-state index in [1.165, 1.54) is 17.0 Å². The topological polar surface area (TPSA) is 73.4 Å². The minimum Gasteiger partial charge on any atom is -0.370 e. The lowest BCUT2D eigenvalue weighted by Gasteiger charge is -2.22. The number of nitrogens with one attached hydrogen (secondary N) is 2. The van der Waals surface area contributed by atoms with Gasteiger partial charge in [0.1, 0.15) is 0 Å². The molecule has 2 N–H and O–H groups in total. The van der Waals surface area contributed by atoms with Gasteiger partial charge in [0.2, 0.25) is 5.95 Å². The number of likely N-dealkylation sites (N-methyl/N-ethyl adjacent to an activating group) is 1. The highest BCUT2D eigenvalue weighted by atomic mass is 35.5. The van der Waals surface area contributed by atoms with Crippen LogP contribution in [0.5, 0.6) is 0 Å². The van der Waals surface area contributed by atoms with E-state index in [1.807, 2.05) is 62.4 Å². The van der Waals surface area contributed by atoms with Crippen LogP contribution in [-0.2, 0) is 6.54 Å². The van der Waals surface area contributed by atoms with Crippen molar-refractivity contribution in [1.82, 2.24) is 20.2 Å². The molecule has 3 heterocycles. The Morgan fingerprint density at radius 1 is 1.10 bits per heavy atom. The summed E-state index contributed by atoms with van der Waals surface area (Å²) in [4.78, 5) is 28.0. The van der Waals surface area contributed by atoms with Crippen molar-refractivity contribution in [1.29, 1.82) is 0 Å². The average Bonchev–Trinajstić information content (AvgIpc) is 3.65. The Hall–Kier alpha value is -3.46. The molecule has 9 heteroatoms. The van der Waals surface area contributed by atoms with Crippen LogP contribution in [0.2, 0.25) is 5.02 Å².